The number of carboxylic acid groups (broad SMARTS) is 1. The minimum absolute atomic E-state index is 0.0235. The second-order valence-corrected chi connectivity index (χ2v) is 8.12. The van der Waals surface area contributed by atoms with E-state index in [1.807, 2.05) is 13.8 Å². The summed E-state index contributed by atoms with van der Waals surface area (Å²) in [6.45, 7) is 5.04. The summed E-state index contributed by atoms with van der Waals surface area (Å²) in [5.74, 6) is -2.03. The van der Waals surface area contributed by atoms with Crippen LogP contribution >= 0.6 is 11.6 Å². The van der Waals surface area contributed by atoms with Crippen LogP contribution in [0.4, 0.5) is 13.2 Å². The fourth-order valence-electron chi connectivity index (χ4n) is 3.39. The Morgan fingerprint density at radius 3 is 2.62 bits per heavy atom. The molecule has 1 aliphatic heterocycles. The zero-order valence-corrected chi connectivity index (χ0v) is 16.8. The van der Waals surface area contributed by atoms with Gasteiger partial charge < -0.3 is 14.6 Å². The minimum atomic E-state index is -4.71. The lowest BCUT2D eigenvalue weighted by Gasteiger charge is -2.19. The van der Waals surface area contributed by atoms with Gasteiger partial charge in [-0.05, 0) is 56.2 Å². The van der Waals surface area contributed by atoms with Crippen LogP contribution in [0.2, 0.25) is 5.02 Å². The van der Waals surface area contributed by atoms with E-state index in [-0.39, 0.29) is 17.9 Å². The van der Waals surface area contributed by atoms with E-state index in [2.05, 4.69) is 0 Å². The molecule has 3 rings (SSSR count). The highest BCUT2D eigenvalue weighted by Crippen LogP contribution is 2.41. The maximum absolute atomic E-state index is 13.4. The number of fused-ring (bicyclic) bond motifs is 1. The van der Waals surface area contributed by atoms with Crippen LogP contribution in [-0.2, 0) is 24.0 Å². The molecule has 2 aromatic rings. The summed E-state index contributed by atoms with van der Waals surface area (Å²) < 4.78 is 51.9. The number of carboxylic acids is 1. The number of alkyl halides is 3. The normalized spacial score (nSPS) is 16.1. The van der Waals surface area contributed by atoms with Crippen LogP contribution < -0.4 is 9.47 Å². The number of aliphatic carboxylic acids is 1. The van der Waals surface area contributed by atoms with Gasteiger partial charge in [-0.2, -0.15) is 13.2 Å². The smallest absolute Gasteiger partial charge is 0.416 e. The first kappa shape index (κ1) is 21.3. The molecule has 1 aliphatic rings. The molecule has 2 aromatic carbocycles. The van der Waals surface area contributed by atoms with Gasteiger partial charge in [-0.25, -0.2) is 0 Å². The van der Waals surface area contributed by atoms with Gasteiger partial charge >= 0.3 is 12.1 Å². The molecule has 0 radical (unpaired) electrons. The van der Waals surface area contributed by atoms with Gasteiger partial charge in [-0.1, -0.05) is 17.7 Å². The SMILES string of the molecule is CC(C(=O)O)c1ccc(OCc2cc(Cl)cc3c2OC(C)(C)C3)cc1C(F)(F)F. The predicted octanol–water partition coefficient (Wildman–Crippen LogP) is 5.84. The van der Waals surface area contributed by atoms with E-state index in [9.17, 15) is 18.0 Å². The number of rotatable bonds is 5. The average Bonchev–Trinajstić information content (AvgIpc) is 2.91. The first-order valence-corrected chi connectivity index (χ1v) is 9.32. The molecule has 0 fully saturated rings. The van der Waals surface area contributed by atoms with E-state index in [4.69, 9.17) is 26.2 Å². The summed E-state index contributed by atoms with van der Waals surface area (Å²) in [6.07, 6.45) is -4.04. The van der Waals surface area contributed by atoms with Crippen molar-refractivity contribution in [2.75, 3.05) is 0 Å². The molecule has 1 N–H and O–H groups in total. The van der Waals surface area contributed by atoms with E-state index in [1.165, 1.54) is 13.0 Å². The summed E-state index contributed by atoms with van der Waals surface area (Å²) >= 11 is 6.16. The Bertz CT molecular complexity index is 954. The number of halogens is 4. The van der Waals surface area contributed by atoms with Crippen LogP contribution in [0, 0.1) is 0 Å². The molecule has 0 aliphatic carbocycles. The molecule has 8 heteroatoms. The Morgan fingerprint density at radius 2 is 2.00 bits per heavy atom. The number of ether oxygens (including phenoxy) is 2. The lowest BCUT2D eigenvalue weighted by molar-refractivity contribution is -0.141. The van der Waals surface area contributed by atoms with Crippen LogP contribution in [0.3, 0.4) is 0 Å². The third-order valence-corrected chi connectivity index (χ3v) is 4.98. The summed E-state index contributed by atoms with van der Waals surface area (Å²) in [5.41, 5.74) is -0.193. The zero-order chi connectivity index (χ0) is 21.6. The van der Waals surface area contributed by atoms with E-state index in [1.54, 1.807) is 12.1 Å². The molecule has 0 spiro atoms. The Morgan fingerprint density at radius 1 is 1.31 bits per heavy atom. The van der Waals surface area contributed by atoms with Gasteiger partial charge in [0.05, 0.1) is 11.5 Å². The lowest BCUT2D eigenvalue weighted by Crippen LogP contribution is -2.25. The van der Waals surface area contributed by atoms with E-state index in [0.29, 0.717) is 22.8 Å². The second-order valence-electron chi connectivity index (χ2n) is 7.69. The van der Waals surface area contributed by atoms with Gasteiger partial charge in [0.25, 0.3) is 0 Å². The van der Waals surface area contributed by atoms with Crippen LogP contribution in [0.1, 0.15) is 48.9 Å². The number of benzene rings is 2. The summed E-state index contributed by atoms with van der Waals surface area (Å²) in [4.78, 5) is 11.1. The molecule has 1 atom stereocenters. The molecule has 0 bridgehead atoms. The van der Waals surface area contributed by atoms with Crippen molar-refractivity contribution in [1.82, 2.24) is 0 Å². The average molecular weight is 429 g/mol. The van der Waals surface area contributed by atoms with E-state index >= 15 is 0 Å². The van der Waals surface area contributed by atoms with Crippen LogP contribution in [0.5, 0.6) is 11.5 Å². The van der Waals surface area contributed by atoms with Crippen LogP contribution in [0.25, 0.3) is 0 Å². The molecule has 4 nitrogen and oxygen atoms in total. The molecule has 0 amide bonds. The quantitative estimate of drug-likeness (QED) is 0.650. The van der Waals surface area contributed by atoms with Crippen molar-refractivity contribution < 1.29 is 32.5 Å². The van der Waals surface area contributed by atoms with Crippen molar-refractivity contribution in [3.8, 4) is 11.5 Å². The Labute approximate surface area is 171 Å². The first-order valence-electron chi connectivity index (χ1n) is 8.94. The van der Waals surface area contributed by atoms with Crippen molar-refractivity contribution in [1.29, 1.82) is 0 Å². The third-order valence-electron chi connectivity index (χ3n) is 4.76. The third kappa shape index (κ3) is 4.61. The Kier molecular flexibility index (Phi) is 5.47. The fraction of sp³-hybridized carbons (Fsp3) is 0.381. The number of hydrogen-bond donors (Lipinski definition) is 1. The van der Waals surface area contributed by atoms with Crippen molar-refractivity contribution >= 4 is 17.6 Å². The van der Waals surface area contributed by atoms with Crippen molar-refractivity contribution in [3.05, 3.63) is 57.6 Å². The minimum Gasteiger partial charge on any atom is -0.489 e. The highest BCUT2D eigenvalue weighted by molar-refractivity contribution is 6.30. The van der Waals surface area contributed by atoms with Gasteiger partial charge in [0.2, 0.25) is 0 Å². The highest BCUT2D eigenvalue weighted by Gasteiger charge is 2.36. The maximum atomic E-state index is 13.4. The predicted molar refractivity (Wildman–Crippen MR) is 102 cm³/mol. The molecule has 1 unspecified atom stereocenters. The molecule has 0 aromatic heterocycles. The number of hydrogen-bond acceptors (Lipinski definition) is 3. The summed E-state index contributed by atoms with van der Waals surface area (Å²) in [7, 11) is 0. The fourth-order valence-corrected chi connectivity index (χ4v) is 3.66. The molecule has 29 heavy (non-hydrogen) atoms. The topological polar surface area (TPSA) is 55.8 Å². The van der Waals surface area contributed by atoms with E-state index < -0.39 is 29.2 Å². The maximum Gasteiger partial charge on any atom is 0.416 e. The summed E-state index contributed by atoms with van der Waals surface area (Å²) in [6, 6.07) is 6.76. The molecule has 156 valence electrons. The van der Waals surface area contributed by atoms with Crippen LogP contribution in [-0.4, -0.2) is 16.7 Å². The molecule has 0 saturated carbocycles. The standard InChI is InChI=1S/C21H20ClF3O4/c1-11(19(26)27)16-5-4-15(8-17(16)21(23,24)25)28-10-13-7-14(22)6-12-9-20(2,3)29-18(12)13/h4-8,11H,9-10H2,1-3H3,(H,26,27). The van der Waals surface area contributed by atoms with Crippen molar-refractivity contribution in [2.24, 2.45) is 0 Å². The lowest BCUT2D eigenvalue weighted by atomic mass is 9.95. The van der Waals surface area contributed by atoms with Gasteiger partial charge in [-0.15, -0.1) is 0 Å². The largest absolute Gasteiger partial charge is 0.489 e. The summed E-state index contributed by atoms with van der Waals surface area (Å²) in [5, 5.41) is 9.57. The zero-order valence-electron chi connectivity index (χ0n) is 16.1. The second kappa shape index (κ2) is 7.44. The van der Waals surface area contributed by atoms with Gasteiger partial charge in [0, 0.05) is 17.0 Å². The molecular formula is C21H20ClF3O4. The van der Waals surface area contributed by atoms with Gasteiger partial charge in [0.1, 0.15) is 23.7 Å². The van der Waals surface area contributed by atoms with Crippen LogP contribution in [0.15, 0.2) is 30.3 Å². The molecule has 1 heterocycles. The highest BCUT2D eigenvalue weighted by atomic mass is 35.5. The van der Waals surface area contributed by atoms with Crippen molar-refractivity contribution in [2.45, 2.75) is 51.5 Å². The Hall–Kier alpha value is -2.41. The molecule has 0 saturated heterocycles. The number of carbonyl (C=O) groups is 1. The van der Waals surface area contributed by atoms with E-state index in [0.717, 1.165) is 17.7 Å². The first-order chi connectivity index (χ1) is 13.4. The Balaban J connectivity index is 1.89. The van der Waals surface area contributed by atoms with Gasteiger partial charge in [0.15, 0.2) is 0 Å². The van der Waals surface area contributed by atoms with Crippen molar-refractivity contribution in [3.63, 3.8) is 0 Å². The van der Waals surface area contributed by atoms with Gasteiger partial charge in [-0.3, -0.25) is 4.79 Å². The molecular weight excluding hydrogens is 409 g/mol. The monoisotopic (exact) mass is 428 g/mol.